The Labute approximate surface area is 123 Å². The van der Waals surface area contributed by atoms with Gasteiger partial charge in [0.25, 0.3) is 0 Å². The predicted molar refractivity (Wildman–Crippen MR) is 84.6 cm³/mol. The van der Waals surface area contributed by atoms with Gasteiger partial charge in [-0.3, -0.25) is 4.68 Å². The van der Waals surface area contributed by atoms with Crippen LogP contribution in [0.3, 0.4) is 0 Å². The largest absolute Gasteiger partial charge is 0.330 e. The van der Waals surface area contributed by atoms with E-state index in [9.17, 15) is 0 Å². The third kappa shape index (κ3) is 3.43. The van der Waals surface area contributed by atoms with Crippen LogP contribution in [0.4, 0.5) is 0 Å². The molecule has 1 saturated carbocycles. The Morgan fingerprint density at radius 1 is 1.35 bits per heavy atom. The van der Waals surface area contributed by atoms with Gasteiger partial charge in [0.15, 0.2) is 0 Å². The second-order valence-electron chi connectivity index (χ2n) is 7.16. The topological polar surface area (TPSA) is 43.8 Å². The Hall–Kier alpha value is -0.830. The van der Waals surface area contributed by atoms with Gasteiger partial charge in [0, 0.05) is 12.2 Å². The first-order valence-electron chi connectivity index (χ1n) is 8.24. The molecule has 1 aromatic rings. The molecule has 0 radical (unpaired) electrons. The van der Waals surface area contributed by atoms with Crippen LogP contribution in [0.1, 0.15) is 58.3 Å². The van der Waals surface area contributed by atoms with E-state index >= 15 is 0 Å². The molecule has 2 N–H and O–H groups in total. The average molecular weight is 277 g/mol. The van der Waals surface area contributed by atoms with Gasteiger partial charge >= 0.3 is 0 Å². The first kappa shape index (κ1) is 15.6. The number of aromatic nitrogens is 2. The molecule has 2 atom stereocenters. The summed E-state index contributed by atoms with van der Waals surface area (Å²) in [6.07, 6.45) is 6.07. The number of rotatable bonds is 5. The van der Waals surface area contributed by atoms with Gasteiger partial charge in [0.05, 0.1) is 5.69 Å². The summed E-state index contributed by atoms with van der Waals surface area (Å²) in [5, 5.41) is 4.69. The number of hydrogen-bond acceptors (Lipinski definition) is 2. The first-order chi connectivity index (χ1) is 9.49. The summed E-state index contributed by atoms with van der Waals surface area (Å²) < 4.78 is 2.19. The van der Waals surface area contributed by atoms with E-state index < -0.39 is 0 Å². The second kappa shape index (κ2) is 6.30. The minimum atomic E-state index is 0.473. The highest BCUT2D eigenvalue weighted by Gasteiger charge is 2.34. The van der Waals surface area contributed by atoms with Crippen LogP contribution in [0, 0.1) is 17.3 Å². The quantitative estimate of drug-likeness (QED) is 0.896. The summed E-state index contributed by atoms with van der Waals surface area (Å²) in [5.74, 6) is 1.41. The standard InChI is InChI=1S/C17H31N3/c1-5-15-10-16(20(6-2)19-15)9-14-11-17(3,4)8-7-13(14)12-18/h10,13-14H,5-9,11-12,18H2,1-4H3. The van der Waals surface area contributed by atoms with Crippen LogP contribution in [-0.2, 0) is 19.4 Å². The monoisotopic (exact) mass is 277 g/mol. The van der Waals surface area contributed by atoms with Gasteiger partial charge in [-0.2, -0.15) is 5.10 Å². The summed E-state index contributed by atoms with van der Waals surface area (Å²) in [4.78, 5) is 0. The molecule has 1 heterocycles. The minimum Gasteiger partial charge on any atom is -0.330 e. The lowest BCUT2D eigenvalue weighted by atomic mass is 9.66. The van der Waals surface area contributed by atoms with Gasteiger partial charge < -0.3 is 5.73 Å². The van der Waals surface area contributed by atoms with E-state index in [1.165, 1.54) is 30.7 Å². The summed E-state index contributed by atoms with van der Waals surface area (Å²) in [6, 6.07) is 2.30. The molecule has 1 aliphatic carbocycles. The Morgan fingerprint density at radius 3 is 2.70 bits per heavy atom. The van der Waals surface area contributed by atoms with Crippen LogP contribution in [0.5, 0.6) is 0 Å². The Bertz CT molecular complexity index is 433. The van der Waals surface area contributed by atoms with E-state index in [-0.39, 0.29) is 0 Å². The molecule has 20 heavy (non-hydrogen) atoms. The van der Waals surface area contributed by atoms with Gasteiger partial charge in [-0.25, -0.2) is 0 Å². The van der Waals surface area contributed by atoms with E-state index in [1.54, 1.807) is 0 Å². The molecule has 114 valence electrons. The van der Waals surface area contributed by atoms with Crippen molar-refractivity contribution in [1.29, 1.82) is 0 Å². The molecular formula is C17H31N3. The molecule has 1 aromatic heterocycles. The highest BCUT2D eigenvalue weighted by atomic mass is 15.3. The van der Waals surface area contributed by atoms with Gasteiger partial charge in [0.2, 0.25) is 0 Å². The van der Waals surface area contributed by atoms with Crippen LogP contribution in [0.2, 0.25) is 0 Å². The SMILES string of the molecule is CCc1cc(CC2CC(C)(C)CCC2CN)n(CC)n1. The molecule has 3 heteroatoms. The van der Waals surface area contributed by atoms with Gasteiger partial charge in [-0.15, -0.1) is 0 Å². The molecule has 0 aromatic carbocycles. The molecular weight excluding hydrogens is 246 g/mol. The third-order valence-corrected chi connectivity index (χ3v) is 5.02. The zero-order chi connectivity index (χ0) is 14.8. The van der Waals surface area contributed by atoms with E-state index in [4.69, 9.17) is 5.73 Å². The van der Waals surface area contributed by atoms with Crippen molar-refractivity contribution in [2.45, 2.75) is 66.3 Å². The smallest absolute Gasteiger partial charge is 0.0624 e. The van der Waals surface area contributed by atoms with Crippen LogP contribution in [0.15, 0.2) is 6.07 Å². The molecule has 0 aliphatic heterocycles. The molecule has 0 saturated heterocycles. The van der Waals surface area contributed by atoms with Crippen molar-refractivity contribution >= 4 is 0 Å². The van der Waals surface area contributed by atoms with Crippen molar-refractivity contribution < 1.29 is 0 Å². The lowest BCUT2D eigenvalue weighted by Gasteiger charge is -2.40. The molecule has 1 fully saturated rings. The number of aryl methyl sites for hydroxylation is 2. The molecule has 0 bridgehead atoms. The molecule has 2 unspecified atom stereocenters. The molecule has 0 spiro atoms. The van der Waals surface area contributed by atoms with Crippen LogP contribution >= 0.6 is 0 Å². The molecule has 3 nitrogen and oxygen atoms in total. The fourth-order valence-corrected chi connectivity index (χ4v) is 3.73. The maximum absolute atomic E-state index is 6.02. The number of nitrogens with zero attached hydrogens (tertiary/aromatic N) is 2. The Morgan fingerprint density at radius 2 is 2.10 bits per heavy atom. The van der Waals surface area contributed by atoms with E-state index in [0.717, 1.165) is 31.8 Å². The lowest BCUT2D eigenvalue weighted by Crippen LogP contribution is -2.35. The second-order valence-corrected chi connectivity index (χ2v) is 7.16. The summed E-state index contributed by atoms with van der Waals surface area (Å²) in [7, 11) is 0. The zero-order valence-corrected chi connectivity index (χ0v) is 13.7. The van der Waals surface area contributed by atoms with Crippen LogP contribution < -0.4 is 5.73 Å². The van der Waals surface area contributed by atoms with Crippen molar-refractivity contribution in [2.24, 2.45) is 23.0 Å². The minimum absolute atomic E-state index is 0.473. The van der Waals surface area contributed by atoms with Crippen molar-refractivity contribution in [1.82, 2.24) is 9.78 Å². The third-order valence-electron chi connectivity index (χ3n) is 5.02. The normalized spacial score (nSPS) is 25.9. The van der Waals surface area contributed by atoms with Crippen molar-refractivity contribution in [3.05, 3.63) is 17.5 Å². The first-order valence-corrected chi connectivity index (χ1v) is 8.24. The zero-order valence-electron chi connectivity index (χ0n) is 13.7. The fourth-order valence-electron chi connectivity index (χ4n) is 3.73. The maximum Gasteiger partial charge on any atom is 0.0624 e. The van der Waals surface area contributed by atoms with Crippen molar-refractivity contribution in [2.75, 3.05) is 6.54 Å². The lowest BCUT2D eigenvalue weighted by molar-refractivity contribution is 0.120. The van der Waals surface area contributed by atoms with Crippen LogP contribution in [-0.4, -0.2) is 16.3 Å². The Kier molecular flexibility index (Phi) is 4.90. The van der Waals surface area contributed by atoms with Gasteiger partial charge in [-0.1, -0.05) is 20.8 Å². The highest BCUT2D eigenvalue weighted by Crippen LogP contribution is 2.42. The van der Waals surface area contributed by atoms with E-state index in [2.05, 4.69) is 43.5 Å². The fraction of sp³-hybridized carbons (Fsp3) is 0.824. The van der Waals surface area contributed by atoms with Crippen molar-refractivity contribution in [3.63, 3.8) is 0 Å². The molecule has 1 aliphatic rings. The molecule has 0 amide bonds. The highest BCUT2D eigenvalue weighted by molar-refractivity contribution is 5.12. The van der Waals surface area contributed by atoms with Gasteiger partial charge in [-0.05, 0) is 68.9 Å². The molecule has 2 rings (SSSR count). The summed E-state index contributed by atoms with van der Waals surface area (Å²) in [6.45, 7) is 11.0. The van der Waals surface area contributed by atoms with Crippen molar-refractivity contribution in [3.8, 4) is 0 Å². The summed E-state index contributed by atoms with van der Waals surface area (Å²) >= 11 is 0. The maximum atomic E-state index is 6.02. The average Bonchev–Trinajstić information content (AvgIpc) is 2.80. The number of nitrogens with two attached hydrogens (primary N) is 1. The van der Waals surface area contributed by atoms with E-state index in [1.807, 2.05) is 0 Å². The predicted octanol–water partition coefficient (Wildman–Crippen LogP) is 3.41. The van der Waals surface area contributed by atoms with E-state index in [0.29, 0.717) is 11.3 Å². The number of hydrogen-bond donors (Lipinski definition) is 1. The summed E-state index contributed by atoms with van der Waals surface area (Å²) in [5.41, 5.74) is 9.12. The van der Waals surface area contributed by atoms with Gasteiger partial charge in [0.1, 0.15) is 0 Å². The Balaban J connectivity index is 2.15. The van der Waals surface area contributed by atoms with Crippen LogP contribution in [0.25, 0.3) is 0 Å².